The van der Waals surface area contributed by atoms with E-state index in [9.17, 15) is 9.59 Å². The van der Waals surface area contributed by atoms with E-state index < -0.39 is 0 Å². The fourth-order valence-corrected chi connectivity index (χ4v) is 2.31. The van der Waals surface area contributed by atoms with Crippen molar-refractivity contribution < 1.29 is 14.0 Å². The van der Waals surface area contributed by atoms with Crippen molar-refractivity contribution in [2.24, 2.45) is 4.99 Å². The van der Waals surface area contributed by atoms with Crippen molar-refractivity contribution in [3.8, 4) is 0 Å². The van der Waals surface area contributed by atoms with Gasteiger partial charge in [0.25, 0.3) is 5.91 Å². The van der Waals surface area contributed by atoms with E-state index in [1.807, 2.05) is 0 Å². The highest BCUT2D eigenvalue weighted by atomic mass is 79.9. The molecule has 0 unspecified atom stereocenters. The van der Waals surface area contributed by atoms with Gasteiger partial charge in [-0.05, 0) is 39.8 Å². The summed E-state index contributed by atoms with van der Waals surface area (Å²) >= 11 is 4.27. The van der Waals surface area contributed by atoms with E-state index in [2.05, 4.69) is 26.2 Å². The van der Waals surface area contributed by atoms with Gasteiger partial charge in [-0.3, -0.25) is 9.59 Å². The summed E-state index contributed by atoms with van der Waals surface area (Å²) in [5.41, 5.74) is 0. The molecule has 7 heteroatoms. The van der Waals surface area contributed by atoms with E-state index in [1.54, 1.807) is 18.2 Å². The van der Waals surface area contributed by atoms with Crippen molar-refractivity contribution in [2.45, 2.75) is 6.92 Å². The lowest BCUT2D eigenvalue weighted by Gasteiger charge is -1.96. The lowest BCUT2D eigenvalue weighted by molar-refractivity contribution is -0.117. The largest absolute Gasteiger partial charge is 0.450 e. The number of aliphatic imine (C=N–C) groups is 1. The molecule has 0 saturated heterocycles. The smallest absolute Gasteiger partial charge is 0.286 e. The Hall–Kier alpha value is -1.34. The van der Waals surface area contributed by atoms with Gasteiger partial charge in [0.15, 0.2) is 9.84 Å². The highest BCUT2D eigenvalue weighted by molar-refractivity contribution is 9.10. The molecule has 17 heavy (non-hydrogen) atoms. The maximum Gasteiger partial charge on any atom is 0.286 e. The first kappa shape index (κ1) is 12.1. The molecule has 2 amide bonds. The molecule has 1 aromatic rings. The molecule has 0 aromatic carbocycles. The number of carbonyl (C=O) groups excluding carboxylic acids is 2. The van der Waals surface area contributed by atoms with Crippen molar-refractivity contribution in [1.29, 1.82) is 0 Å². The van der Waals surface area contributed by atoms with Crippen LogP contribution in [0.3, 0.4) is 0 Å². The molecule has 0 spiro atoms. The first-order valence-corrected chi connectivity index (χ1v) is 6.21. The predicted molar refractivity (Wildman–Crippen MR) is 68.2 cm³/mol. The number of nitrogens with zero attached hydrogens (tertiary/aromatic N) is 1. The Bertz CT molecular complexity index is 548. The molecule has 88 valence electrons. The van der Waals surface area contributed by atoms with Crippen molar-refractivity contribution in [1.82, 2.24) is 5.32 Å². The second-order valence-corrected chi connectivity index (χ2v) is 4.97. The Labute approximate surface area is 109 Å². The number of nitrogens with one attached hydrogen (secondary N) is 1. The van der Waals surface area contributed by atoms with Gasteiger partial charge < -0.3 is 9.73 Å². The van der Waals surface area contributed by atoms with Crippen molar-refractivity contribution in [3.05, 3.63) is 27.5 Å². The number of thioether (sulfide) groups is 1. The molecule has 5 nitrogen and oxygen atoms in total. The topological polar surface area (TPSA) is 71.7 Å². The summed E-state index contributed by atoms with van der Waals surface area (Å²) in [5.74, 6) is -0.0932. The van der Waals surface area contributed by atoms with Crippen LogP contribution in [-0.2, 0) is 9.59 Å². The van der Waals surface area contributed by atoms with E-state index in [1.165, 1.54) is 6.92 Å². The zero-order chi connectivity index (χ0) is 12.4. The minimum absolute atomic E-state index is 0.258. The molecule has 0 fully saturated rings. The molecule has 0 atom stereocenters. The van der Waals surface area contributed by atoms with Crippen molar-refractivity contribution in [2.75, 3.05) is 0 Å². The lowest BCUT2D eigenvalue weighted by atomic mass is 10.4. The highest BCUT2D eigenvalue weighted by Gasteiger charge is 2.22. The molecule has 0 saturated carbocycles. The number of rotatable bonds is 1. The normalized spacial score (nSPS) is 17.4. The molecule has 1 N–H and O–H groups in total. The summed E-state index contributed by atoms with van der Waals surface area (Å²) < 4.78 is 5.83. The Kier molecular flexibility index (Phi) is 3.49. The second kappa shape index (κ2) is 4.89. The van der Waals surface area contributed by atoms with E-state index in [0.717, 1.165) is 11.8 Å². The van der Waals surface area contributed by atoms with Gasteiger partial charge in [0.1, 0.15) is 5.76 Å². The first-order chi connectivity index (χ1) is 8.04. The number of furan rings is 1. The average molecular weight is 315 g/mol. The number of hydrogen-bond donors (Lipinski definition) is 1. The minimum Gasteiger partial charge on any atom is -0.450 e. The van der Waals surface area contributed by atoms with Crippen LogP contribution in [0, 0.1) is 0 Å². The van der Waals surface area contributed by atoms with Gasteiger partial charge in [0.05, 0.1) is 4.91 Å². The third-order valence-corrected chi connectivity index (χ3v) is 3.10. The van der Waals surface area contributed by atoms with E-state index in [4.69, 9.17) is 4.42 Å². The van der Waals surface area contributed by atoms with E-state index in [-0.39, 0.29) is 11.8 Å². The Balaban J connectivity index is 2.14. The summed E-state index contributed by atoms with van der Waals surface area (Å²) in [5, 5.41) is 2.76. The van der Waals surface area contributed by atoms with Crippen LogP contribution in [0.25, 0.3) is 6.08 Å². The fourth-order valence-electron chi connectivity index (χ4n) is 1.15. The minimum atomic E-state index is -0.383. The van der Waals surface area contributed by atoms with Gasteiger partial charge in [-0.25, -0.2) is 0 Å². The molecule has 2 heterocycles. The molecule has 1 aliphatic rings. The summed E-state index contributed by atoms with van der Waals surface area (Å²) in [6.45, 7) is 1.36. The fraction of sp³-hybridized carbons (Fsp3) is 0.100. The Morgan fingerprint density at radius 1 is 1.59 bits per heavy atom. The molecule has 2 rings (SSSR count). The Morgan fingerprint density at radius 3 is 2.94 bits per heavy atom. The number of amides is 2. The molecule has 0 aliphatic carbocycles. The molecular weight excluding hydrogens is 308 g/mol. The van der Waals surface area contributed by atoms with Crippen molar-refractivity contribution >= 4 is 50.7 Å². The zero-order valence-electron chi connectivity index (χ0n) is 8.69. The van der Waals surface area contributed by atoms with Gasteiger partial charge in [0, 0.05) is 13.0 Å². The molecule has 1 aromatic heterocycles. The van der Waals surface area contributed by atoms with Gasteiger partial charge in [-0.2, -0.15) is 4.99 Å². The third kappa shape index (κ3) is 3.07. The molecular formula is C10H7BrN2O3S. The summed E-state index contributed by atoms with van der Waals surface area (Å²) in [4.78, 5) is 26.4. The first-order valence-electron chi connectivity index (χ1n) is 4.60. The van der Waals surface area contributed by atoms with Crippen LogP contribution < -0.4 is 5.32 Å². The second-order valence-electron chi connectivity index (χ2n) is 3.16. The highest BCUT2D eigenvalue weighted by Crippen LogP contribution is 2.28. The van der Waals surface area contributed by atoms with Crippen LogP contribution >= 0.6 is 27.7 Å². The standard InChI is InChI=1S/C10H7BrN2O3S/c1-5(14)12-10-13-9(15)7(17-10)4-6-2-3-8(11)16-6/h2-4H,1H3,(H,12,13,14,15)/b7-4+. The maximum absolute atomic E-state index is 11.5. The number of carbonyl (C=O) groups is 2. The quantitative estimate of drug-likeness (QED) is 0.806. The number of amidine groups is 1. The SMILES string of the molecule is CC(=O)NC1=NC(=O)/C(=C\c2ccc(Br)o2)S1. The molecule has 0 radical (unpaired) electrons. The monoisotopic (exact) mass is 314 g/mol. The van der Waals surface area contributed by atoms with Crippen molar-refractivity contribution in [3.63, 3.8) is 0 Å². The third-order valence-electron chi connectivity index (χ3n) is 1.77. The van der Waals surface area contributed by atoms with Gasteiger partial charge in [-0.1, -0.05) is 0 Å². The summed E-state index contributed by atoms with van der Waals surface area (Å²) in [7, 11) is 0. The summed E-state index contributed by atoms with van der Waals surface area (Å²) in [6.07, 6.45) is 1.58. The van der Waals surface area contributed by atoms with Crippen LogP contribution in [0.4, 0.5) is 0 Å². The lowest BCUT2D eigenvalue weighted by Crippen LogP contribution is -2.23. The van der Waals surface area contributed by atoms with Gasteiger partial charge in [0.2, 0.25) is 5.91 Å². The van der Waals surface area contributed by atoms with Crippen LogP contribution in [0.15, 0.2) is 31.1 Å². The average Bonchev–Trinajstić information content (AvgIpc) is 2.74. The number of halogens is 1. The molecule has 1 aliphatic heterocycles. The zero-order valence-corrected chi connectivity index (χ0v) is 11.1. The van der Waals surface area contributed by atoms with Crippen LogP contribution in [0.5, 0.6) is 0 Å². The predicted octanol–water partition coefficient (Wildman–Crippen LogP) is 2.15. The van der Waals surface area contributed by atoms with Crippen LogP contribution in [-0.4, -0.2) is 17.0 Å². The van der Waals surface area contributed by atoms with Gasteiger partial charge in [-0.15, -0.1) is 0 Å². The molecule has 0 bridgehead atoms. The van der Waals surface area contributed by atoms with E-state index in [0.29, 0.717) is 20.5 Å². The Morgan fingerprint density at radius 2 is 2.35 bits per heavy atom. The van der Waals surface area contributed by atoms with Gasteiger partial charge >= 0.3 is 0 Å². The number of hydrogen-bond acceptors (Lipinski definition) is 4. The summed E-state index contributed by atoms with van der Waals surface area (Å²) in [6, 6.07) is 3.45. The maximum atomic E-state index is 11.5. The van der Waals surface area contributed by atoms with E-state index >= 15 is 0 Å². The van der Waals surface area contributed by atoms with Crippen LogP contribution in [0.2, 0.25) is 0 Å². The van der Waals surface area contributed by atoms with Crippen LogP contribution in [0.1, 0.15) is 12.7 Å².